The van der Waals surface area contributed by atoms with Crippen LogP contribution in [-0.2, 0) is 0 Å². The molecule has 0 unspecified atom stereocenters. The maximum absolute atomic E-state index is 12.7. The molecule has 0 spiro atoms. The molecule has 6 heteroatoms. The number of rotatable bonds is 3. The molecule has 0 saturated carbocycles. The molecular weight excluding hydrogens is 410 g/mol. The van der Waals surface area contributed by atoms with E-state index in [0.29, 0.717) is 0 Å². The molecule has 0 bridgehead atoms. The fourth-order valence-electron chi connectivity index (χ4n) is 3.34. The summed E-state index contributed by atoms with van der Waals surface area (Å²) in [5, 5.41) is 3.10. The van der Waals surface area contributed by atoms with Crippen LogP contribution in [-0.4, -0.2) is 43.4 Å². The molecule has 1 aliphatic heterocycles. The second-order valence-corrected chi connectivity index (χ2v) is 8.25. The number of para-hydroxylation sites is 1. The highest BCUT2D eigenvalue weighted by atomic mass is 79.9. The normalized spacial score (nSPS) is 14.5. The Kier molecular flexibility index (Phi) is 6.14. The fraction of sp³-hybridized carbons (Fsp3) is 0.350. The third kappa shape index (κ3) is 4.18. The molecule has 0 atom stereocenters. The molecule has 1 heterocycles. The Morgan fingerprint density at radius 1 is 1.08 bits per heavy atom. The van der Waals surface area contributed by atoms with Crippen molar-refractivity contribution >= 4 is 45.1 Å². The van der Waals surface area contributed by atoms with Crippen LogP contribution in [0, 0.1) is 13.8 Å². The molecule has 0 radical (unpaired) electrons. The van der Waals surface area contributed by atoms with Gasteiger partial charge in [0.25, 0.3) is 0 Å². The maximum Gasteiger partial charge on any atom is 0.321 e. The number of hydrogen-bond acceptors (Lipinski definition) is 3. The largest absolute Gasteiger partial charge is 0.367 e. The van der Waals surface area contributed by atoms with Crippen molar-refractivity contribution in [3.8, 4) is 0 Å². The molecule has 4 nitrogen and oxygen atoms in total. The zero-order valence-electron chi connectivity index (χ0n) is 15.4. The van der Waals surface area contributed by atoms with Gasteiger partial charge in [0, 0.05) is 41.2 Å². The number of amides is 2. The lowest BCUT2D eigenvalue weighted by Gasteiger charge is -2.37. The Morgan fingerprint density at radius 2 is 1.69 bits per heavy atom. The van der Waals surface area contributed by atoms with E-state index in [9.17, 15) is 4.79 Å². The number of piperazine rings is 1. The summed E-state index contributed by atoms with van der Waals surface area (Å²) >= 11 is 5.26. The second-order valence-electron chi connectivity index (χ2n) is 6.49. The number of carbonyl (C=O) groups is 1. The van der Waals surface area contributed by atoms with Crippen molar-refractivity contribution in [3.63, 3.8) is 0 Å². The third-order valence-corrected chi connectivity index (χ3v) is 5.97. The molecule has 1 fully saturated rings. The Morgan fingerprint density at radius 3 is 2.31 bits per heavy atom. The number of hydrogen-bond donors (Lipinski definition) is 1. The van der Waals surface area contributed by atoms with E-state index in [1.807, 2.05) is 30.9 Å². The first-order valence-corrected chi connectivity index (χ1v) is 10.7. The van der Waals surface area contributed by atoms with Gasteiger partial charge in [-0.3, -0.25) is 0 Å². The molecule has 138 valence electrons. The van der Waals surface area contributed by atoms with Crippen LogP contribution >= 0.6 is 27.7 Å². The lowest BCUT2D eigenvalue weighted by Crippen LogP contribution is -2.50. The molecule has 0 aliphatic carbocycles. The van der Waals surface area contributed by atoms with Gasteiger partial charge in [-0.25, -0.2) is 4.79 Å². The standard InChI is InChI=1S/C20H24BrN3OS/c1-14-12-16(21)13-15(2)19(14)22-20(25)24-10-8-23(9-11-24)17-6-4-5-7-18(17)26-3/h4-7,12-13H,8-11H2,1-3H3,(H,22,25). The lowest BCUT2D eigenvalue weighted by molar-refractivity contribution is 0.208. The number of halogens is 1. The van der Waals surface area contributed by atoms with Crippen molar-refractivity contribution < 1.29 is 4.79 Å². The first-order valence-electron chi connectivity index (χ1n) is 8.70. The van der Waals surface area contributed by atoms with Crippen molar-refractivity contribution in [1.29, 1.82) is 0 Å². The van der Waals surface area contributed by atoms with Gasteiger partial charge < -0.3 is 15.1 Å². The van der Waals surface area contributed by atoms with Gasteiger partial charge in [-0.15, -0.1) is 11.8 Å². The summed E-state index contributed by atoms with van der Waals surface area (Å²) in [6.07, 6.45) is 2.10. The first-order chi connectivity index (χ1) is 12.5. The maximum atomic E-state index is 12.7. The van der Waals surface area contributed by atoms with Gasteiger partial charge in [-0.1, -0.05) is 28.1 Å². The summed E-state index contributed by atoms with van der Waals surface area (Å²) in [6, 6.07) is 12.5. The average molecular weight is 434 g/mol. The Balaban J connectivity index is 1.64. The number of thioether (sulfide) groups is 1. The summed E-state index contributed by atoms with van der Waals surface area (Å²) in [4.78, 5) is 18.3. The summed E-state index contributed by atoms with van der Waals surface area (Å²) in [5.41, 5.74) is 4.31. The number of aryl methyl sites for hydroxylation is 2. The average Bonchev–Trinajstić information content (AvgIpc) is 2.64. The van der Waals surface area contributed by atoms with Crippen LogP contribution in [0.25, 0.3) is 0 Å². The minimum absolute atomic E-state index is 0.0173. The monoisotopic (exact) mass is 433 g/mol. The van der Waals surface area contributed by atoms with Crippen LogP contribution in [0.5, 0.6) is 0 Å². The minimum atomic E-state index is -0.0173. The van der Waals surface area contributed by atoms with E-state index >= 15 is 0 Å². The van der Waals surface area contributed by atoms with Crippen LogP contribution in [0.2, 0.25) is 0 Å². The molecule has 0 aromatic heterocycles. The molecule has 1 saturated heterocycles. The van der Waals surface area contributed by atoms with Crippen molar-refractivity contribution in [2.75, 3.05) is 42.7 Å². The van der Waals surface area contributed by atoms with Gasteiger partial charge in [0.15, 0.2) is 0 Å². The van der Waals surface area contributed by atoms with Crippen molar-refractivity contribution in [2.45, 2.75) is 18.7 Å². The van der Waals surface area contributed by atoms with Crippen molar-refractivity contribution in [1.82, 2.24) is 4.90 Å². The van der Waals surface area contributed by atoms with Crippen LogP contribution in [0.4, 0.5) is 16.2 Å². The molecule has 2 aromatic rings. The highest BCUT2D eigenvalue weighted by Crippen LogP contribution is 2.29. The molecule has 1 aliphatic rings. The Hall–Kier alpha value is -1.66. The van der Waals surface area contributed by atoms with Crippen molar-refractivity contribution in [2.24, 2.45) is 0 Å². The van der Waals surface area contributed by atoms with E-state index in [1.54, 1.807) is 11.8 Å². The molecule has 2 aromatic carbocycles. The van der Waals surface area contributed by atoms with Gasteiger partial charge in [0.2, 0.25) is 0 Å². The van der Waals surface area contributed by atoms with Gasteiger partial charge in [-0.05, 0) is 55.5 Å². The van der Waals surface area contributed by atoms with E-state index in [2.05, 4.69) is 56.7 Å². The van der Waals surface area contributed by atoms with E-state index < -0.39 is 0 Å². The van der Waals surface area contributed by atoms with E-state index in [4.69, 9.17) is 0 Å². The number of nitrogens with zero attached hydrogens (tertiary/aromatic N) is 2. The van der Waals surface area contributed by atoms with Gasteiger partial charge in [0.1, 0.15) is 0 Å². The minimum Gasteiger partial charge on any atom is -0.367 e. The highest BCUT2D eigenvalue weighted by molar-refractivity contribution is 9.10. The van der Waals surface area contributed by atoms with Gasteiger partial charge in [-0.2, -0.15) is 0 Å². The predicted octanol–water partition coefficient (Wildman–Crippen LogP) is 5.14. The number of benzene rings is 2. The number of anilines is 2. The Labute approximate surface area is 168 Å². The molecule has 1 N–H and O–H groups in total. The summed E-state index contributed by atoms with van der Waals surface area (Å²) in [7, 11) is 0. The van der Waals surface area contributed by atoms with Crippen LogP contribution < -0.4 is 10.2 Å². The SMILES string of the molecule is CSc1ccccc1N1CCN(C(=O)Nc2c(C)cc(Br)cc2C)CC1. The van der Waals surface area contributed by atoms with E-state index in [1.165, 1.54) is 10.6 Å². The number of urea groups is 1. The van der Waals surface area contributed by atoms with Gasteiger partial charge >= 0.3 is 6.03 Å². The summed E-state index contributed by atoms with van der Waals surface area (Å²) in [5.74, 6) is 0. The Bertz CT molecular complexity index is 780. The molecular formula is C20H24BrN3OS. The quantitative estimate of drug-likeness (QED) is 0.680. The topological polar surface area (TPSA) is 35.6 Å². The molecule has 3 rings (SSSR count). The van der Waals surface area contributed by atoms with Crippen molar-refractivity contribution in [3.05, 3.63) is 52.0 Å². The first kappa shape index (κ1) is 19.1. The van der Waals surface area contributed by atoms with Crippen LogP contribution in [0.3, 0.4) is 0 Å². The smallest absolute Gasteiger partial charge is 0.321 e. The fourth-order valence-corrected chi connectivity index (χ4v) is 4.64. The summed E-state index contributed by atoms with van der Waals surface area (Å²) < 4.78 is 1.03. The van der Waals surface area contributed by atoms with E-state index in [0.717, 1.165) is 47.5 Å². The second kappa shape index (κ2) is 8.35. The highest BCUT2D eigenvalue weighted by Gasteiger charge is 2.23. The third-order valence-electron chi connectivity index (χ3n) is 4.72. The number of carbonyl (C=O) groups excluding carboxylic acids is 1. The zero-order valence-corrected chi connectivity index (χ0v) is 17.8. The van der Waals surface area contributed by atoms with Crippen LogP contribution in [0.1, 0.15) is 11.1 Å². The molecule has 2 amide bonds. The molecule has 26 heavy (non-hydrogen) atoms. The predicted molar refractivity (Wildman–Crippen MR) is 115 cm³/mol. The van der Waals surface area contributed by atoms with Gasteiger partial charge in [0.05, 0.1) is 5.69 Å². The number of nitrogens with one attached hydrogen (secondary N) is 1. The van der Waals surface area contributed by atoms with Crippen LogP contribution in [0.15, 0.2) is 45.8 Å². The summed E-state index contributed by atoms with van der Waals surface area (Å²) in [6.45, 7) is 7.19. The van der Waals surface area contributed by atoms with E-state index in [-0.39, 0.29) is 6.03 Å². The lowest BCUT2D eigenvalue weighted by atomic mass is 10.1. The zero-order chi connectivity index (χ0) is 18.7.